The Labute approximate surface area is 125 Å². The predicted molar refractivity (Wildman–Crippen MR) is 80.1 cm³/mol. The molecule has 0 aromatic heterocycles. The van der Waals surface area contributed by atoms with Crippen molar-refractivity contribution in [2.45, 2.75) is 44.2 Å². The number of carbonyl (C=O) groups excluding carboxylic acids is 1. The molecule has 5 nitrogen and oxygen atoms in total. The Balaban J connectivity index is 2.12. The summed E-state index contributed by atoms with van der Waals surface area (Å²) in [6, 6.07) is 8.80. The van der Waals surface area contributed by atoms with Crippen molar-refractivity contribution in [3.05, 3.63) is 35.9 Å². The second-order valence-electron chi connectivity index (χ2n) is 5.43. The van der Waals surface area contributed by atoms with Crippen LogP contribution in [0.15, 0.2) is 30.3 Å². The van der Waals surface area contributed by atoms with Crippen LogP contribution in [0.2, 0.25) is 0 Å². The first kappa shape index (κ1) is 16.0. The molecule has 21 heavy (non-hydrogen) atoms. The van der Waals surface area contributed by atoms with Gasteiger partial charge in [0.25, 0.3) is 16.0 Å². The van der Waals surface area contributed by atoms with Gasteiger partial charge in [0.1, 0.15) is 0 Å². The lowest BCUT2D eigenvalue weighted by atomic mass is 9.95. The van der Waals surface area contributed by atoms with Gasteiger partial charge in [-0.3, -0.25) is 8.98 Å². The van der Waals surface area contributed by atoms with Gasteiger partial charge in [-0.1, -0.05) is 49.6 Å². The van der Waals surface area contributed by atoms with Gasteiger partial charge >= 0.3 is 0 Å². The maximum atomic E-state index is 12.4. The lowest BCUT2D eigenvalue weighted by Gasteiger charge is -2.25. The van der Waals surface area contributed by atoms with Gasteiger partial charge in [-0.25, -0.2) is 0 Å². The molecule has 1 N–H and O–H groups in total. The number of hydrogen-bond acceptors (Lipinski definition) is 4. The van der Waals surface area contributed by atoms with Crippen LogP contribution in [-0.4, -0.2) is 26.6 Å². The summed E-state index contributed by atoms with van der Waals surface area (Å²) < 4.78 is 27.8. The van der Waals surface area contributed by atoms with Gasteiger partial charge < -0.3 is 5.32 Å². The molecule has 1 unspecified atom stereocenters. The summed E-state index contributed by atoms with van der Waals surface area (Å²) in [5.41, 5.74) is 0.538. The molecule has 1 aliphatic rings. The molecule has 1 amide bonds. The minimum absolute atomic E-state index is 0.112. The first-order valence-electron chi connectivity index (χ1n) is 7.19. The van der Waals surface area contributed by atoms with E-state index < -0.39 is 22.1 Å². The topological polar surface area (TPSA) is 72.5 Å². The zero-order chi connectivity index (χ0) is 15.3. The van der Waals surface area contributed by atoms with E-state index in [1.807, 2.05) is 0 Å². The van der Waals surface area contributed by atoms with Gasteiger partial charge in [0, 0.05) is 6.04 Å². The maximum absolute atomic E-state index is 12.4. The fourth-order valence-electron chi connectivity index (χ4n) is 2.58. The Kier molecular flexibility index (Phi) is 5.36. The molecule has 0 saturated heterocycles. The van der Waals surface area contributed by atoms with Crippen LogP contribution >= 0.6 is 0 Å². The van der Waals surface area contributed by atoms with E-state index in [9.17, 15) is 13.2 Å². The SMILES string of the molecule is CS(=O)(=O)OC(C(=O)NC1CCCCC1)c1ccccc1. The Morgan fingerprint density at radius 3 is 2.38 bits per heavy atom. The third kappa shape index (κ3) is 5.13. The van der Waals surface area contributed by atoms with Crippen molar-refractivity contribution in [1.29, 1.82) is 0 Å². The summed E-state index contributed by atoms with van der Waals surface area (Å²) >= 11 is 0. The number of benzene rings is 1. The first-order chi connectivity index (χ1) is 9.96. The van der Waals surface area contributed by atoms with Gasteiger partial charge in [-0.2, -0.15) is 8.42 Å². The highest BCUT2D eigenvalue weighted by Crippen LogP contribution is 2.22. The van der Waals surface area contributed by atoms with Crippen LogP contribution in [-0.2, 0) is 19.1 Å². The first-order valence-corrected chi connectivity index (χ1v) is 9.01. The molecule has 0 bridgehead atoms. The maximum Gasteiger partial charge on any atom is 0.265 e. The average Bonchev–Trinajstić information content (AvgIpc) is 2.46. The van der Waals surface area contributed by atoms with E-state index in [0.717, 1.165) is 31.9 Å². The van der Waals surface area contributed by atoms with Gasteiger partial charge in [-0.05, 0) is 18.4 Å². The second kappa shape index (κ2) is 7.04. The Morgan fingerprint density at radius 1 is 1.19 bits per heavy atom. The monoisotopic (exact) mass is 311 g/mol. The summed E-state index contributed by atoms with van der Waals surface area (Å²) in [6.07, 6.45) is 5.08. The lowest BCUT2D eigenvalue weighted by Crippen LogP contribution is -2.40. The van der Waals surface area contributed by atoms with Crippen molar-refractivity contribution in [3.63, 3.8) is 0 Å². The molecule has 1 saturated carbocycles. The summed E-state index contributed by atoms with van der Waals surface area (Å²) in [6.45, 7) is 0. The highest BCUT2D eigenvalue weighted by molar-refractivity contribution is 7.86. The standard InChI is InChI=1S/C15H21NO4S/c1-21(18,19)20-14(12-8-4-2-5-9-12)15(17)16-13-10-6-3-7-11-13/h2,4-5,8-9,13-14H,3,6-7,10-11H2,1H3,(H,16,17). The molecule has 1 aromatic carbocycles. The lowest BCUT2D eigenvalue weighted by molar-refractivity contribution is -0.129. The highest BCUT2D eigenvalue weighted by Gasteiger charge is 2.27. The number of hydrogen-bond donors (Lipinski definition) is 1. The van der Waals surface area contributed by atoms with Crippen molar-refractivity contribution >= 4 is 16.0 Å². The largest absolute Gasteiger partial charge is 0.351 e. The number of amides is 1. The van der Waals surface area contributed by atoms with Crippen molar-refractivity contribution < 1.29 is 17.4 Å². The number of rotatable bonds is 5. The normalized spacial score (nSPS) is 18.1. The van der Waals surface area contributed by atoms with E-state index in [4.69, 9.17) is 4.18 Å². The van der Waals surface area contributed by atoms with Crippen LogP contribution in [0.4, 0.5) is 0 Å². The van der Waals surface area contributed by atoms with E-state index in [1.54, 1.807) is 30.3 Å². The van der Waals surface area contributed by atoms with Crippen LogP contribution in [0.1, 0.15) is 43.8 Å². The zero-order valence-electron chi connectivity index (χ0n) is 12.1. The van der Waals surface area contributed by atoms with E-state index >= 15 is 0 Å². The van der Waals surface area contributed by atoms with Crippen molar-refractivity contribution in [2.24, 2.45) is 0 Å². The van der Waals surface area contributed by atoms with Gasteiger partial charge in [0.2, 0.25) is 0 Å². The number of carbonyl (C=O) groups is 1. The summed E-state index contributed by atoms with van der Waals surface area (Å²) in [4.78, 5) is 12.4. The van der Waals surface area contributed by atoms with E-state index in [1.165, 1.54) is 6.42 Å². The molecule has 0 heterocycles. The minimum Gasteiger partial charge on any atom is -0.351 e. The fraction of sp³-hybridized carbons (Fsp3) is 0.533. The second-order valence-corrected chi connectivity index (χ2v) is 7.04. The summed E-state index contributed by atoms with van der Waals surface area (Å²) in [5.74, 6) is -0.390. The van der Waals surface area contributed by atoms with Gasteiger partial charge in [0.15, 0.2) is 6.10 Å². The Bertz CT molecular complexity index is 565. The van der Waals surface area contributed by atoms with Crippen LogP contribution in [0, 0.1) is 0 Å². The van der Waals surface area contributed by atoms with Gasteiger partial charge in [-0.15, -0.1) is 0 Å². The highest BCUT2D eigenvalue weighted by atomic mass is 32.2. The molecule has 116 valence electrons. The Hall–Kier alpha value is -1.40. The quantitative estimate of drug-likeness (QED) is 0.846. The van der Waals surface area contributed by atoms with Crippen LogP contribution in [0.3, 0.4) is 0 Å². The Morgan fingerprint density at radius 2 is 1.81 bits per heavy atom. The number of nitrogens with one attached hydrogen (secondary N) is 1. The minimum atomic E-state index is -3.72. The van der Waals surface area contributed by atoms with Crippen molar-refractivity contribution in [3.8, 4) is 0 Å². The molecule has 0 radical (unpaired) electrons. The summed E-state index contributed by atoms with van der Waals surface area (Å²) in [7, 11) is -3.72. The third-order valence-electron chi connectivity index (χ3n) is 3.56. The summed E-state index contributed by atoms with van der Waals surface area (Å²) in [5, 5.41) is 2.91. The van der Waals surface area contributed by atoms with E-state index in [-0.39, 0.29) is 6.04 Å². The smallest absolute Gasteiger partial charge is 0.265 e. The molecule has 1 fully saturated rings. The molecular weight excluding hydrogens is 290 g/mol. The molecular formula is C15H21NO4S. The molecule has 1 aliphatic carbocycles. The van der Waals surface area contributed by atoms with Crippen LogP contribution in [0.25, 0.3) is 0 Å². The zero-order valence-corrected chi connectivity index (χ0v) is 12.9. The molecule has 6 heteroatoms. The fourth-order valence-corrected chi connectivity index (χ4v) is 3.13. The van der Waals surface area contributed by atoms with Crippen LogP contribution < -0.4 is 5.32 Å². The van der Waals surface area contributed by atoms with E-state index in [2.05, 4.69) is 5.32 Å². The molecule has 0 aliphatic heterocycles. The average molecular weight is 311 g/mol. The molecule has 2 rings (SSSR count). The van der Waals surface area contributed by atoms with Gasteiger partial charge in [0.05, 0.1) is 6.26 Å². The van der Waals surface area contributed by atoms with E-state index in [0.29, 0.717) is 5.56 Å². The molecule has 0 spiro atoms. The predicted octanol–water partition coefficient (Wildman–Crippen LogP) is 2.15. The van der Waals surface area contributed by atoms with Crippen molar-refractivity contribution in [1.82, 2.24) is 5.32 Å². The van der Waals surface area contributed by atoms with Crippen LogP contribution in [0.5, 0.6) is 0 Å². The molecule has 1 aromatic rings. The molecule has 1 atom stereocenters. The third-order valence-corrected chi connectivity index (χ3v) is 4.11. The van der Waals surface area contributed by atoms with Crippen molar-refractivity contribution in [2.75, 3.05) is 6.26 Å².